The Balaban J connectivity index is 2.09. The fourth-order valence-corrected chi connectivity index (χ4v) is 2.83. The van der Waals surface area contributed by atoms with Gasteiger partial charge in [-0.25, -0.2) is 0 Å². The number of anilines is 3. The molecule has 0 aliphatic heterocycles. The Hall–Kier alpha value is -2.53. The molecule has 2 aromatic carbocycles. The van der Waals surface area contributed by atoms with Crippen LogP contribution in [0.5, 0.6) is 0 Å². The number of hydrogen-bond donors (Lipinski definition) is 2. The highest BCUT2D eigenvalue weighted by molar-refractivity contribution is 6.44. The molecule has 2 aromatic rings. The van der Waals surface area contributed by atoms with Gasteiger partial charge in [0.1, 0.15) is 0 Å². The first-order valence-corrected chi connectivity index (χ1v) is 8.97. The standard InChI is InChI=1S/C20H24ClN3O2/c1-5-24(6-2)16-9-10-17(14(4)11-16)22-19(25)20(26)23-18-12-15(21)8-7-13(18)3/h7-12H,5-6H2,1-4H3,(H,22,25)(H,23,26). The number of aryl methyl sites for hydroxylation is 2. The summed E-state index contributed by atoms with van der Waals surface area (Å²) in [4.78, 5) is 26.6. The van der Waals surface area contributed by atoms with E-state index in [9.17, 15) is 9.59 Å². The van der Waals surface area contributed by atoms with Crippen LogP contribution in [0.1, 0.15) is 25.0 Å². The van der Waals surface area contributed by atoms with E-state index in [1.807, 2.05) is 32.0 Å². The number of carbonyl (C=O) groups is 2. The predicted octanol–water partition coefficient (Wildman–Crippen LogP) is 4.38. The van der Waals surface area contributed by atoms with Gasteiger partial charge in [0.05, 0.1) is 0 Å². The number of rotatable bonds is 5. The van der Waals surface area contributed by atoms with Crippen LogP contribution in [0.3, 0.4) is 0 Å². The van der Waals surface area contributed by atoms with E-state index < -0.39 is 11.8 Å². The summed E-state index contributed by atoms with van der Waals surface area (Å²) in [6, 6.07) is 10.9. The van der Waals surface area contributed by atoms with E-state index in [0.717, 1.165) is 29.9 Å². The van der Waals surface area contributed by atoms with Crippen LogP contribution < -0.4 is 15.5 Å². The second kappa shape index (κ2) is 8.72. The van der Waals surface area contributed by atoms with Crippen molar-refractivity contribution in [2.45, 2.75) is 27.7 Å². The molecule has 2 rings (SSSR count). The van der Waals surface area contributed by atoms with Crippen molar-refractivity contribution >= 4 is 40.5 Å². The van der Waals surface area contributed by atoms with Gasteiger partial charge in [-0.05, 0) is 69.2 Å². The largest absolute Gasteiger partial charge is 0.372 e. The Bertz CT molecular complexity index is 817. The Labute approximate surface area is 159 Å². The summed E-state index contributed by atoms with van der Waals surface area (Å²) in [5, 5.41) is 5.75. The highest BCUT2D eigenvalue weighted by Gasteiger charge is 2.16. The fraction of sp³-hybridized carbons (Fsp3) is 0.300. The van der Waals surface area contributed by atoms with Gasteiger partial charge in [0.25, 0.3) is 0 Å². The Kier molecular flexibility index (Phi) is 6.64. The SMILES string of the molecule is CCN(CC)c1ccc(NC(=O)C(=O)Nc2cc(Cl)ccc2C)c(C)c1. The molecule has 0 fully saturated rings. The second-order valence-electron chi connectivity index (χ2n) is 6.04. The summed E-state index contributed by atoms with van der Waals surface area (Å²) in [6.07, 6.45) is 0. The van der Waals surface area contributed by atoms with E-state index in [1.165, 1.54) is 0 Å². The predicted molar refractivity (Wildman–Crippen MR) is 108 cm³/mol. The van der Waals surface area contributed by atoms with E-state index >= 15 is 0 Å². The first-order valence-electron chi connectivity index (χ1n) is 8.59. The highest BCUT2D eigenvalue weighted by Crippen LogP contribution is 2.23. The maximum absolute atomic E-state index is 12.2. The summed E-state index contributed by atoms with van der Waals surface area (Å²) in [5.74, 6) is -1.45. The van der Waals surface area contributed by atoms with Gasteiger partial charge in [-0.3, -0.25) is 9.59 Å². The third kappa shape index (κ3) is 4.76. The van der Waals surface area contributed by atoms with Crippen LogP contribution in [0.4, 0.5) is 17.1 Å². The quantitative estimate of drug-likeness (QED) is 0.764. The first kappa shape index (κ1) is 19.8. The molecule has 2 N–H and O–H groups in total. The number of benzene rings is 2. The molecule has 6 heteroatoms. The smallest absolute Gasteiger partial charge is 0.314 e. The van der Waals surface area contributed by atoms with Crippen LogP contribution in [-0.4, -0.2) is 24.9 Å². The zero-order valence-electron chi connectivity index (χ0n) is 15.5. The fourth-order valence-electron chi connectivity index (χ4n) is 2.66. The molecule has 0 aromatic heterocycles. The van der Waals surface area contributed by atoms with Gasteiger partial charge < -0.3 is 15.5 Å². The van der Waals surface area contributed by atoms with Crippen molar-refractivity contribution in [2.24, 2.45) is 0 Å². The van der Waals surface area contributed by atoms with E-state index in [1.54, 1.807) is 18.2 Å². The summed E-state index contributed by atoms with van der Waals surface area (Å²) in [7, 11) is 0. The minimum Gasteiger partial charge on any atom is -0.372 e. The van der Waals surface area contributed by atoms with Gasteiger partial charge in [-0.2, -0.15) is 0 Å². The molecule has 0 aliphatic rings. The zero-order valence-corrected chi connectivity index (χ0v) is 16.3. The van der Waals surface area contributed by atoms with Gasteiger partial charge in [0, 0.05) is 35.2 Å². The van der Waals surface area contributed by atoms with E-state index in [0.29, 0.717) is 16.4 Å². The normalized spacial score (nSPS) is 10.3. The van der Waals surface area contributed by atoms with Crippen LogP contribution in [-0.2, 0) is 9.59 Å². The van der Waals surface area contributed by atoms with E-state index in [2.05, 4.69) is 29.4 Å². The monoisotopic (exact) mass is 373 g/mol. The van der Waals surface area contributed by atoms with Crippen molar-refractivity contribution < 1.29 is 9.59 Å². The number of carbonyl (C=O) groups excluding carboxylic acids is 2. The van der Waals surface area contributed by atoms with Crippen molar-refractivity contribution in [3.63, 3.8) is 0 Å². The van der Waals surface area contributed by atoms with Crippen LogP contribution in [0.15, 0.2) is 36.4 Å². The molecule has 0 heterocycles. The van der Waals surface area contributed by atoms with Gasteiger partial charge in [-0.15, -0.1) is 0 Å². The van der Waals surface area contributed by atoms with Crippen LogP contribution in [0.25, 0.3) is 0 Å². The number of halogens is 1. The lowest BCUT2D eigenvalue weighted by atomic mass is 10.1. The van der Waals surface area contributed by atoms with Gasteiger partial charge in [0.15, 0.2) is 0 Å². The molecule has 0 bridgehead atoms. The van der Waals surface area contributed by atoms with Crippen LogP contribution >= 0.6 is 11.6 Å². The summed E-state index contributed by atoms with van der Waals surface area (Å²) < 4.78 is 0. The molecule has 26 heavy (non-hydrogen) atoms. The van der Waals surface area contributed by atoms with E-state index in [-0.39, 0.29) is 0 Å². The van der Waals surface area contributed by atoms with Crippen molar-refractivity contribution in [3.8, 4) is 0 Å². The Morgan fingerprint density at radius 3 is 2.08 bits per heavy atom. The molecule has 138 valence electrons. The number of nitrogens with one attached hydrogen (secondary N) is 2. The maximum atomic E-state index is 12.2. The molecule has 0 aliphatic carbocycles. The van der Waals surface area contributed by atoms with Gasteiger partial charge >= 0.3 is 11.8 Å². The Morgan fingerprint density at radius 1 is 0.885 bits per heavy atom. The summed E-state index contributed by atoms with van der Waals surface area (Å²) in [6.45, 7) is 9.74. The van der Waals surface area contributed by atoms with Gasteiger partial charge in [0.2, 0.25) is 0 Å². The van der Waals surface area contributed by atoms with E-state index in [4.69, 9.17) is 11.6 Å². The van der Waals surface area contributed by atoms with Gasteiger partial charge in [-0.1, -0.05) is 17.7 Å². The Morgan fingerprint density at radius 2 is 1.50 bits per heavy atom. The number of hydrogen-bond acceptors (Lipinski definition) is 3. The highest BCUT2D eigenvalue weighted by atomic mass is 35.5. The third-order valence-corrected chi connectivity index (χ3v) is 4.48. The molecule has 0 radical (unpaired) electrons. The molecule has 0 atom stereocenters. The van der Waals surface area contributed by atoms with Crippen molar-refractivity contribution in [1.82, 2.24) is 0 Å². The number of amides is 2. The van der Waals surface area contributed by atoms with Crippen LogP contribution in [0, 0.1) is 13.8 Å². The minimum atomic E-state index is -0.734. The summed E-state index contributed by atoms with van der Waals surface area (Å²) >= 11 is 5.94. The lowest BCUT2D eigenvalue weighted by Crippen LogP contribution is -2.29. The lowest BCUT2D eigenvalue weighted by molar-refractivity contribution is -0.133. The molecule has 0 saturated carbocycles. The molecule has 5 nitrogen and oxygen atoms in total. The third-order valence-electron chi connectivity index (χ3n) is 4.24. The maximum Gasteiger partial charge on any atom is 0.314 e. The van der Waals surface area contributed by atoms with Crippen molar-refractivity contribution in [2.75, 3.05) is 28.6 Å². The molecule has 2 amide bonds. The molecular weight excluding hydrogens is 350 g/mol. The average molecular weight is 374 g/mol. The zero-order chi connectivity index (χ0) is 19.3. The van der Waals surface area contributed by atoms with Crippen molar-refractivity contribution in [3.05, 3.63) is 52.5 Å². The lowest BCUT2D eigenvalue weighted by Gasteiger charge is -2.22. The first-order chi connectivity index (χ1) is 12.3. The summed E-state index contributed by atoms with van der Waals surface area (Å²) in [5.41, 5.74) is 3.95. The molecule has 0 saturated heterocycles. The molecule has 0 unspecified atom stereocenters. The van der Waals surface area contributed by atoms with Crippen LogP contribution in [0.2, 0.25) is 5.02 Å². The second-order valence-corrected chi connectivity index (χ2v) is 6.48. The minimum absolute atomic E-state index is 0.495. The number of nitrogens with zero attached hydrogens (tertiary/aromatic N) is 1. The molecule has 0 spiro atoms. The topological polar surface area (TPSA) is 61.4 Å². The van der Waals surface area contributed by atoms with Crippen molar-refractivity contribution in [1.29, 1.82) is 0 Å². The molecular formula is C20H24ClN3O2. The average Bonchev–Trinajstić information content (AvgIpc) is 2.61.